The summed E-state index contributed by atoms with van der Waals surface area (Å²) in [6.07, 6.45) is 0. The van der Waals surface area contributed by atoms with Crippen molar-refractivity contribution in [3.63, 3.8) is 0 Å². The lowest BCUT2D eigenvalue weighted by molar-refractivity contribution is 0.386. The van der Waals surface area contributed by atoms with Crippen LogP contribution in [0.25, 0.3) is 10.9 Å². The molecule has 3 N–H and O–H groups in total. The summed E-state index contributed by atoms with van der Waals surface area (Å²) in [7, 11) is 0. The molecular formula is C13H16FN3. The third-order valence-electron chi connectivity index (χ3n) is 3.53. The molecule has 17 heavy (non-hydrogen) atoms. The number of rotatable bonds is 1. The Morgan fingerprint density at radius 3 is 2.65 bits per heavy atom. The fourth-order valence-corrected chi connectivity index (χ4v) is 2.81. The molecule has 3 nitrogen and oxygen atoms in total. The number of aryl methyl sites for hydroxylation is 1. The number of fused-ring (bicyclic) bond motifs is 1. The number of nitrogens with one attached hydrogen (secondary N) is 3. The Balaban J connectivity index is 2.27. The summed E-state index contributed by atoms with van der Waals surface area (Å²) in [5.74, 6) is -0.195. The molecule has 0 bridgehead atoms. The molecule has 1 aromatic carbocycles. The van der Waals surface area contributed by atoms with Crippen LogP contribution in [-0.2, 0) is 5.66 Å². The fourth-order valence-electron chi connectivity index (χ4n) is 2.81. The standard InChI is InChI=1S/C13H16FN3/c1-8-12(13(2)15-5-6-16-13)10-7-9(14)3-4-11(10)17-8/h3-4,7,15-17H,5-6H2,1-2H3. The minimum Gasteiger partial charge on any atom is -0.358 e. The van der Waals surface area contributed by atoms with Crippen LogP contribution >= 0.6 is 0 Å². The van der Waals surface area contributed by atoms with E-state index in [-0.39, 0.29) is 11.5 Å². The molecule has 1 saturated heterocycles. The van der Waals surface area contributed by atoms with Gasteiger partial charge in [-0.05, 0) is 32.0 Å². The highest BCUT2D eigenvalue weighted by Crippen LogP contribution is 2.31. The van der Waals surface area contributed by atoms with Crippen molar-refractivity contribution in [1.29, 1.82) is 0 Å². The number of H-pyrrole nitrogens is 1. The van der Waals surface area contributed by atoms with E-state index in [2.05, 4.69) is 22.5 Å². The van der Waals surface area contributed by atoms with Crippen molar-refractivity contribution in [2.45, 2.75) is 19.5 Å². The zero-order valence-corrected chi connectivity index (χ0v) is 10.0. The number of benzene rings is 1. The summed E-state index contributed by atoms with van der Waals surface area (Å²) in [6.45, 7) is 5.98. The lowest BCUT2D eigenvalue weighted by Crippen LogP contribution is -2.43. The van der Waals surface area contributed by atoms with Crippen LogP contribution in [0, 0.1) is 12.7 Å². The maximum atomic E-state index is 13.4. The van der Waals surface area contributed by atoms with E-state index in [0.29, 0.717) is 0 Å². The van der Waals surface area contributed by atoms with Crippen LogP contribution in [0.15, 0.2) is 18.2 Å². The quantitative estimate of drug-likeness (QED) is 0.705. The normalized spacial score (nSPS) is 19.0. The van der Waals surface area contributed by atoms with Crippen LogP contribution in [0.3, 0.4) is 0 Å². The van der Waals surface area contributed by atoms with Gasteiger partial charge in [0.15, 0.2) is 0 Å². The van der Waals surface area contributed by atoms with E-state index in [1.54, 1.807) is 12.1 Å². The van der Waals surface area contributed by atoms with E-state index >= 15 is 0 Å². The molecule has 1 fully saturated rings. The van der Waals surface area contributed by atoms with Crippen LogP contribution in [0.1, 0.15) is 18.2 Å². The first-order valence-corrected chi connectivity index (χ1v) is 5.88. The van der Waals surface area contributed by atoms with E-state index in [9.17, 15) is 4.39 Å². The van der Waals surface area contributed by atoms with Crippen molar-refractivity contribution in [2.24, 2.45) is 0 Å². The molecule has 90 valence electrons. The first-order chi connectivity index (χ1) is 8.10. The number of hydrogen-bond donors (Lipinski definition) is 3. The van der Waals surface area contributed by atoms with Crippen molar-refractivity contribution in [3.05, 3.63) is 35.3 Å². The summed E-state index contributed by atoms with van der Waals surface area (Å²) in [4.78, 5) is 3.31. The average Bonchev–Trinajstić information content (AvgIpc) is 2.82. The second-order valence-corrected chi connectivity index (χ2v) is 4.79. The van der Waals surface area contributed by atoms with Gasteiger partial charge in [0.05, 0.1) is 5.66 Å². The average molecular weight is 233 g/mol. The van der Waals surface area contributed by atoms with Gasteiger partial charge in [0.1, 0.15) is 5.82 Å². The Morgan fingerprint density at radius 1 is 1.24 bits per heavy atom. The molecule has 0 amide bonds. The summed E-state index contributed by atoms with van der Waals surface area (Å²) in [5, 5.41) is 7.82. The molecule has 0 aliphatic carbocycles. The molecule has 3 rings (SSSR count). The van der Waals surface area contributed by atoms with Crippen LogP contribution in [-0.4, -0.2) is 18.1 Å². The summed E-state index contributed by atoms with van der Waals surface area (Å²) in [6, 6.07) is 4.88. The van der Waals surface area contributed by atoms with E-state index in [0.717, 1.165) is 35.2 Å². The van der Waals surface area contributed by atoms with Crippen LogP contribution < -0.4 is 10.6 Å². The highest BCUT2D eigenvalue weighted by molar-refractivity contribution is 5.85. The van der Waals surface area contributed by atoms with Crippen molar-refractivity contribution in [1.82, 2.24) is 15.6 Å². The Bertz CT molecular complexity index is 567. The molecule has 2 heterocycles. The first kappa shape index (κ1) is 10.7. The van der Waals surface area contributed by atoms with Crippen LogP contribution in [0.5, 0.6) is 0 Å². The van der Waals surface area contributed by atoms with Crippen molar-refractivity contribution in [2.75, 3.05) is 13.1 Å². The van der Waals surface area contributed by atoms with E-state index in [1.807, 2.05) is 6.92 Å². The molecule has 0 radical (unpaired) electrons. The highest BCUT2D eigenvalue weighted by atomic mass is 19.1. The zero-order chi connectivity index (χ0) is 12.0. The third kappa shape index (κ3) is 1.56. The molecular weight excluding hydrogens is 217 g/mol. The van der Waals surface area contributed by atoms with E-state index < -0.39 is 0 Å². The molecule has 2 aromatic rings. The molecule has 1 aliphatic rings. The second-order valence-electron chi connectivity index (χ2n) is 4.79. The van der Waals surface area contributed by atoms with Gasteiger partial charge in [-0.3, -0.25) is 10.6 Å². The lowest BCUT2D eigenvalue weighted by Gasteiger charge is -2.25. The Hall–Kier alpha value is -1.39. The number of halogens is 1. The van der Waals surface area contributed by atoms with Crippen LogP contribution in [0.2, 0.25) is 0 Å². The molecule has 0 unspecified atom stereocenters. The zero-order valence-electron chi connectivity index (χ0n) is 10.0. The second kappa shape index (κ2) is 3.55. The van der Waals surface area contributed by atoms with Crippen molar-refractivity contribution in [3.8, 4) is 0 Å². The smallest absolute Gasteiger partial charge is 0.123 e. The van der Waals surface area contributed by atoms with Crippen molar-refractivity contribution < 1.29 is 4.39 Å². The van der Waals surface area contributed by atoms with Gasteiger partial charge in [0.2, 0.25) is 0 Å². The Kier molecular flexibility index (Phi) is 2.24. The minimum absolute atomic E-state index is 0.195. The summed E-state index contributed by atoms with van der Waals surface area (Å²) >= 11 is 0. The van der Waals surface area contributed by atoms with Gasteiger partial charge in [0.25, 0.3) is 0 Å². The Morgan fingerprint density at radius 2 is 1.94 bits per heavy atom. The topological polar surface area (TPSA) is 39.9 Å². The SMILES string of the molecule is Cc1[nH]c2ccc(F)cc2c1C1(C)NCCN1. The van der Waals surface area contributed by atoms with Gasteiger partial charge in [0, 0.05) is 35.2 Å². The third-order valence-corrected chi connectivity index (χ3v) is 3.53. The molecule has 4 heteroatoms. The summed E-state index contributed by atoms with van der Waals surface area (Å²) in [5.41, 5.74) is 2.91. The largest absolute Gasteiger partial charge is 0.358 e. The minimum atomic E-state index is -0.268. The predicted octanol–water partition coefficient (Wildman–Crippen LogP) is 1.98. The van der Waals surface area contributed by atoms with Gasteiger partial charge in [-0.1, -0.05) is 0 Å². The molecule has 0 spiro atoms. The number of aromatic amines is 1. The van der Waals surface area contributed by atoms with Gasteiger partial charge in [-0.15, -0.1) is 0 Å². The maximum Gasteiger partial charge on any atom is 0.123 e. The van der Waals surface area contributed by atoms with Crippen LogP contribution in [0.4, 0.5) is 4.39 Å². The van der Waals surface area contributed by atoms with Gasteiger partial charge < -0.3 is 4.98 Å². The predicted molar refractivity (Wildman–Crippen MR) is 66.4 cm³/mol. The molecule has 0 atom stereocenters. The van der Waals surface area contributed by atoms with Crippen molar-refractivity contribution >= 4 is 10.9 Å². The van der Waals surface area contributed by atoms with E-state index in [4.69, 9.17) is 0 Å². The number of aromatic nitrogens is 1. The lowest BCUT2D eigenvalue weighted by atomic mass is 9.99. The van der Waals surface area contributed by atoms with Gasteiger partial charge in [-0.2, -0.15) is 0 Å². The van der Waals surface area contributed by atoms with Gasteiger partial charge >= 0.3 is 0 Å². The maximum absolute atomic E-state index is 13.4. The molecule has 1 aliphatic heterocycles. The molecule has 0 saturated carbocycles. The fraction of sp³-hybridized carbons (Fsp3) is 0.385. The number of hydrogen-bond acceptors (Lipinski definition) is 2. The Labute approximate surface area is 99.4 Å². The highest BCUT2D eigenvalue weighted by Gasteiger charge is 2.33. The van der Waals surface area contributed by atoms with Gasteiger partial charge in [-0.25, -0.2) is 4.39 Å². The summed E-state index contributed by atoms with van der Waals surface area (Å²) < 4.78 is 13.4. The first-order valence-electron chi connectivity index (χ1n) is 5.88. The van der Waals surface area contributed by atoms with E-state index in [1.165, 1.54) is 6.07 Å². The molecule has 1 aromatic heterocycles. The monoisotopic (exact) mass is 233 g/mol.